The first-order valence-electron chi connectivity index (χ1n) is 6.07. The molecule has 6 nitrogen and oxygen atoms in total. The van der Waals surface area contributed by atoms with E-state index in [4.69, 9.17) is 0 Å². The molecule has 0 aliphatic heterocycles. The summed E-state index contributed by atoms with van der Waals surface area (Å²) in [6.07, 6.45) is 8.10. The van der Waals surface area contributed by atoms with E-state index < -0.39 is 0 Å². The van der Waals surface area contributed by atoms with Crippen LogP contribution in [0.3, 0.4) is 0 Å². The van der Waals surface area contributed by atoms with Gasteiger partial charge in [-0.1, -0.05) is 0 Å². The molecule has 0 saturated carbocycles. The second-order valence-corrected chi connectivity index (χ2v) is 3.97. The number of aromatic nitrogens is 4. The normalized spacial score (nSPS) is 10.5. The molecule has 2 aromatic heterocycles. The van der Waals surface area contributed by atoms with E-state index in [0.29, 0.717) is 12.2 Å². The van der Waals surface area contributed by atoms with E-state index in [0.717, 1.165) is 19.5 Å². The molecule has 96 valence electrons. The highest BCUT2D eigenvalue weighted by Crippen LogP contribution is 1.96. The molecule has 0 unspecified atom stereocenters. The molecule has 0 saturated heterocycles. The molecule has 0 aromatic carbocycles. The first-order chi connectivity index (χ1) is 8.79. The van der Waals surface area contributed by atoms with Crippen molar-refractivity contribution in [1.29, 1.82) is 0 Å². The van der Waals surface area contributed by atoms with Crippen LogP contribution in [0.5, 0.6) is 0 Å². The Morgan fingerprint density at radius 2 is 2.33 bits per heavy atom. The summed E-state index contributed by atoms with van der Waals surface area (Å²) in [5, 5.41) is 7.00. The minimum atomic E-state index is -0.118. The van der Waals surface area contributed by atoms with E-state index in [1.165, 1.54) is 0 Å². The van der Waals surface area contributed by atoms with Gasteiger partial charge in [0.15, 0.2) is 0 Å². The molecule has 18 heavy (non-hydrogen) atoms. The summed E-state index contributed by atoms with van der Waals surface area (Å²) in [5.74, 6) is -0.118. The SMILES string of the molecule is CCn1ccc(C(=O)NCCCn2ccnc2)n1. The molecular weight excluding hydrogens is 230 g/mol. The molecule has 2 aromatic rings. The van der Waals surface area contributed by atoms with Crippen molar-refractivity contribution >= 4 is 5.91 Å². The van der Waals surface area contributed by atoms with Crippen molar-refractivity contribution in [1.82, 2.24) is 24.6 Å². The number of imidazole rings is 1. The van der Waals surface area contributed by atoms with Gasteiger partial charge >= 0.3 is 0 Å². The minimum absolute atomic E-state index is 0.118. The van der Waals surface area contributed by atoms with Crippen molar-refractivity contribution in [2.75, 3.05) is 6.54 Å². The fraction of sp³-hybridized carbons (Fsp3) is 0.417. The highest BCUT2D eigenvalue weighted by Gasteiger charge is 2.07. The summed E-state index contributed by atoms with van der Waals surface area (Å²) in [7, 11) is 0. The number of carbonyl (C=O) groups is 1. The molecule has 2 heterocycles. The van der Waals surface area contributed by atoms with E-state index in [9.17, 15) is 4.79 Å². The lowest BCUT2D eigenvalue weighted by Gasteiger charge is -2.04. The highest BCUT2D eigenvalue weighted by molar-refractivity contribution is 5.92. The number of nitrogens with one attached hydrogen (secondary N) is 1. The van der Waals surface area contributed by atoms with Crippen LogP contribution >= 0.6 is 0 Å². The third kappa shape index (κ3) is 3.19. The van der Waals surface area contributed by atoms with Crippen molar-refractivity contribution in [3.63, 3.8) is 0 Å². The lowest BCUT2D eigenvalue weighted by atomic mass is 10.3. The zero-order valence-electron chi connectivity index (χ0n) is 10.4. The second-order valence-electron chi connectivity index (χ2n) is 3.97. The van der Waals surface area contributed by atoms with Crippen molar-refractivity contribution < 1.29 is 4.79 Å². The number of rotatable bonds is 6. The number of hydrogen-bond donors (Lipinski definition) is 1. The number of hydrogen-bond acceptors (Lipinski definition) is 3. The molecule has 1 N–H and O–H groups in total. The van der Waals surface area contributed by atoms with Crippen LogP contribution in [0.1, 0.15) is 23.8 Å². The maximum Gasteiger partial charge on any atom is 0.271 e. The van der Waals surface area contributed by atoms with Crippen LogP contribution in [0.4, 0.5) is 0 Å². The zero-order valence-corrected chi connectivity index (χ0v) is 10.4. The lowest BCUT2D eigenvalue weighted by Crippen LogP contribution is -2.25. The first-order valence-corrected chi connectivity index (χ1v) is 6.07. The van der Waals surface area contributed by atoms with Crippen LogP contribution in [0, 0.1) is 0 Å². The summed E-state index contributed by atoms with van der Waals surface area (Å²) in [6.45, 7) is 4.24. The van der Waals surface area contributed by atoms with Crippen molar-refractivity contribution in [2.45, 2.75) is 26.4 Å². The Bertz CT molecular complexity index is 488. The predicted octanol–water partition coefficient (Wildman–Crippen LogP) is 0.920. The molecule has 0 aliphatic rings. The van der Waals surface area contributed by atoms with E-state index >= 15 is 0 Å². The van der Waals surface area contributed by atoms with Crippen molar-refractivity contribution in [3.05, 3.63) is 36.7 Å². The van der Waals surface area contributed by atoms with Crippen LogP contribution in [0.2, 0.25) is 0 Å². The van der Waals surface area contributed by atoms with Gasteiger partial charge in [0.05, 0.1) is 6.33 Å². The Morgan fingerprint density at radius 3 is 3.00 bits per heavy atom. The Hall–Kier alpha value is -2.11. The molecule has 1 amide bonds. The second kappa shape index (κ2) is 6.00. The van der Waals surface area contributed by atoms with Gasteiger partial charge in [-0.2, -0.15) is 5.10 Å². The Labute approximate surface area is 106 Å². The predicted molar refractivity (Wildman–Crippen MR) is 67.1 cm³/mol. The molecule has 2 rings (SSSR count). The van der Waals surface area contributed by atoms with E-state index in [-0.39, 0.29) is 5.91 Å². The summed E-state index contributed by atoms with van der Waals surface area (Å²) in [6, 6.07) is 1.73. The molecular formula is C12H17N5O. The lowest BCUT2D eigenvalue weighted by molar-refractivity contribution is 0.0947. The molecule has 0 aliphatic carbocycles. The van der Waals surface area contributed by atoms with Gasteiger partial charge in [-0.25, -0.2) is 4.98 Å². The fourth-order valence-electron chi connectivity index (χ4n) is 1.63. The Kier molecular flexibility index (Phi) is 4.11. The van der Waals surface area contributed by atoms with Crippen LogP contribution in [-0.4, -0.2) is 31.8 Å². The average Bonchev–Trinajstić information content (AvgIpc) is 3.05. The zero-order chi connectivity index (χ0) is 12.8. The van der Waals surface area contributed by atoms with Gasteiger partial charge in [0, 0.05) is 38.2 Å². The van der Waals surface area contributed by atoms with Crippen LogP contribution in [0.25, 0.3) is 0 Å². The third-order valence-electron chi connectivity index (χ3n) is 2.64. The first kappa shape index (κ1) is 12.3. The summed E-state index contributed by atoms with van der Waals surface area (Å²) in [5.41, 5.74) is 0.472. The van der Waals surface area contributed by atoms with Gasteiger partial charge in [0.1, 0.15) is 5.69 Å². The van der Waals surface area contributed by atoms with E-state index in [1.807, 2.05) is 17.7 Å². The Balaban J connectivity index is 1.71. The minimum Gasteiger partial charge on any atom is -0.351 e. The molecule has 6 heteroatoms. The molecule has 0 radical (unpaired) electrons. The van der Waals surface area contributed by atoms with E-state index in [2.05, 4.69) is 15.4 Å². The largest absolute Gasteiger partial charge is 0.351 e. The number of nitrogens with zero attached hydrogens (tertiary/aromatic N) is 4. The maximum absolute atomic E-state index is 11.7. The topological polar surface area (TPSA) is 64.7 Å². The number of amides is 1. The highest BCUT2D eigenvalue weighted by atomic mass is 16.1. The van der Waals surface area contributed by atoms with Gasteiger partial charge < -0.3 is 9.88 Å². The number of aryl methyl sites for hydroxylation is 2. The number of carbonyl (C=O) groups excluding carboxylic acids is 1. The summed E-state index contributed by atoms with van der Waals surface area (Å²) < 4.78 is 3.72. The molecule has 0 atom stereocenters. The molecule has 0 bridgehead atoms. The smallest absolute Gasteiger partial charge is 0.271 e. The summed E-state index contributed by atoms with van der Waals surface area (Å²) >= 11 is 0. The maximum atomic E-state index is 11.7. The van der Waals surface area contributed by atoms with Crippen LogP contribution in [-0.2, 0) is 13.1 Å². The van der Waals surface area contributed by atoms with Gasteiger partial charge in [-0.05, 0) is 19.4 Å². The quantitative estimate of drug-likeness (QED) is 0.772. The molecule has 0 fully saturated rings. The van der Waals surface area contributed by atoms with E-state index in [1.54, 1.807) is 29.5 Å². The van der Waals surface area contributed by atoms with Crippen molar-refractivity contribution in [2.24, 2.45) is 0 Å². The van der Waals surface area contributed by atoms with Gasteiger partial charge in [-0.3, -0.25) is 9.48 Å². The third-order valence-corrected chi connectivity index (χ3v) is 2.64. The van der Waals surface area contributed by atoms with Gasteiger partial charge in [0.25, 0.3) is 5.91 Å². The van der Waals surface area contributed by atoms with Crippen LogP contribution < -0.4 is 5.32 Å². The van der Waals surface area contributed by atoms with Gasteiger partial charge in [0.2, 0.25) is 0 Å². The van der Waals surface area contributed by atoms with Gasteiger partial charge in [-0.15, -0.1) is 0 Å². The van der Waals surface area contributed by atoms with Crippen LogP contribution in [0.15, 0.2) is 31.0 Å². The standard InChI is InChI=1S/C12H17N5O/c1-2-17-8-4-11(15-17)12(18)14-5-3-7-16-9-6-13-10-16/h4,6,8-10H,2-3,5,7H2,1H3,(H,14,18). The summed E-state index contributed by atoms with van der Waals surface area (Å²) in [4.78, 5) is 15.7. The average molecular weight is 247 g/mol. The molecule has 0 spiro atoms. The fourth-order valence-corrected chi connectivity index (χ4v) is 1.63. The van der Waals surface area contributed by atoms with Crippen molar-refractivity contribution in [3.8, 4) is 0 Å². The Morgan fingerprint density at radius 1 is 1.44 bits per heavy atom. The monoisotopic (exact) mass is 247 g/mol.